The highest BCUT2D eigenvalue weighted by molar-refractivity contribution is 6.32. The summed E-state index contributed by atoms with van der Waals surface area (Å²) in [6.07, 6.45) is 5.06. The minimum Gasteiger partial charge on any atom is -0.487 e. The minimum atomic E-state index is -0.523. The molecule has 0 spiro atoms. The Morgan fingerprint density at radius 1 is 1.00 bits per heavy atom. The zero-order chi connectivity index (χ0) is 29.1. The van der Waals surface area contributed by atoms with Crippen molar-refractivity contribution in [3.63, 3.8) is 0 Å². The van der Waals surface area contributed by atoms with Gasteiger partial charge in [0.1, 0.15) is 36.5 Å². The molecular formula is C32H32ClFN6O2. The molecule has 1 unspecified atom stereocenters. The summed E-state index contributed by atoms with van der Waals surface area (Å²) in [5.74, 6) is 0.847. The summed E-state index contributed by atoms with van der Waals surface area (Å²) in [4.78, 5) is 13.3. The summed E-state index contributed by atoms with van der Waals surface area (Å²) in [5, 5.41) is 15.4. The van der Waals surface area contributed by atoms with Gasteiger partial charge in [-0.2, -0.15) is 0 Å². The van der Waals surface area contributed by atoms with E-state index in [1.807, 2.05) is 29.0 Å². The highest BCUT2D eigenvalue weighted by atomic mass is 35.5. The molecule has 2 aromatic heterocycles. The Morgan fingerprint density at radius 2 is 1.86 bits per heavy atom. The van der Waals surface area contributed by atoms with Gasteiger partial charge in [-0.3, -0.25) is 4.90 Å². The quantitative estimate of drug-likeness (QED) is 0.227. The lowest BCUT2D eigenvalue weighted by Gasteiger charge is -2.35. The molecule has 1 atom stereocenters. The molecule has 42 heavy (non-hydrogen) atoms. The largest absolute Gasteiger partial charge is 0.487 e. The van der Waals surface area contributed by atoms with Crippen molar-refractivity contribution in [2.75, 3.05) is 38.5 Å². The number of aromatic nitrogens is 3. The van der Waals surface area contributed by atoms with Gasteiger partial charge in [0, 0.05) is 49.6 Å². The van der Waals surface area contributed by atoms with Crippen molar-refractivity contribution in [2.45, 2.75) is 19.4 Å². The van der Waals surface area contributed by atoms with Crippen molar-refractivity contribution < 1.29 is 14.2 Å². The van der Waals surface area contributed by atoms with Crippen LogP contribution in [0.2, 0.25) is 5.02 Å². The van der Waals surface area contributed by atoms with E-state index in [2.05, 4.69) is 50.5 Å². The first-order valence-corrected chi connectivity index (χ1v) is 14.2. The number of fused-ring (bicyclic) bond motifs is 1. The number of ether oxygens (including phenoxy) is 1. The molecule has 0 amide bonds. The van der Waals surface area contributed by atoms with Gasteiger partial charge in [0.2, 0.25) is 0 Å². The predicted molar refractivity (Wildman–Crippen MR) is 164 cm³/mol. The average molecular weight is 587 g/mol. The van der Waals surface area contributed by atoms with Crippen molar-refractivity contribution in [1.82, 2.24) is 24.3 Å². The van der Waals surface area contributed by atoms with Crippen LogP contribution >= 0.6 is 11.6 Å². The van der Waals surface area contributed by atoms with E-state index in [0.29, 0.717) is 23.1 Å². The van der Waals surface area contributed by atoms with Gasteiger partial charge in [0.05, 0.1) is 17.1 Å². The maximum atomic E-state index is 13.5. The molecule has 1 aliphatic rings. The second kappa shape index (κ2) is 12.5. The third kappa shape index (κ3) is 6.55. The number of benzene rings is 3. The molecule has 1 aliphatic heterocycles. The highest BCUT2D eigenvalue weighted by Gasteiger charge is 2.21. The fourth-order valence-electron chi connectivity index (χ4n) is 5.11. The monoisotopic (exact) mass is 586 g/mol. The molecule has 0 saturated carbocycles. The van der Waals surface area contributed by atoms with Crippen LogP contribution in [-0.2, 0) is 13.2 Å². The van der Waals surface area contributed by atoms with E-state index in [0.717, 1.165) is 59.5 Å². The van der Waals surface area contributed by atoms with Crippen LogP contribution in [0, 0.1) is 5.82 Å². The Bertz CT molecular complexity index is 1690. The van der Waals surface area contributed by atoms with Crippen LogP contribution in [0.25, 0.3) is 22.0 Å². The van der Waals surface area contributed by atoms with Crippen molar-refractivity contribution in [3.8, 4) is 16.9 Å². The number of hydrogen-bond donors (Lipinski definition) is 2. The van der Waals surface area contributed by atoms with Gasteiger partial charge >= 0.3 is 0 Å². The molecule has 216 valence electrons. The summed E-state index contributed by atoms with van der Waals surface area (Å²) < 4.78 is 21.3. The number of aliphatic hydroxyl groups is 1. The molecule has 0 bridgehead atoms. The van der Waals surface area contributed by atoms with E-state index < -0.39 is 6.23 Å². The average Bonchev–Trinajstić information content (AvgIpc) is 3.45. The molecule has 3 heterocycles. The summed E-state index contributed by atoms with van der Waals surface area (Å²) in [5.41, 5.74) is 4.33. The third-order valence-corrected chi connectivity index (χ3v) is 7.83. The number of likely N-dealkylation sites (N-methyl/N-ethyl adjacent to an activating group) is 1. The zero-order valence-electron chi connectivity index (χ0n) is 23.3. The van der Waals surface area contributed by atoms with E-state index in [4.69, 9.17) is 16.3 Å². The Kier molecular flexibility index (Phi) is 8.34. The molecule has 2 N–H and O–H groups in total. The molecule has 1 fully saturated rings. The van der Waals surface area contributed by atoms with Crippen LogP contribution in [0.15, 0.2) is 85.5 Å². The molecule has 0 aliphatic carbocycles. The van der Waals surface area contributed by atoms with Crippen LogP contribution in [0.1, 0.15) is 5.56 Å². The summed E-state index contributed by atoms with van der Waals surface area (Å²) in [6.45, 7) is 4.37. The number of aliphatic hydroxyl groups excluding tert-OH is 1. The molecule has 0 radical (unpaired) electrons. The lowest BCUT2D eigenvalue weighted by molar-refractivity contribution is -0.0310. The van der Waals surface area contributed by atoms with Gasteiger partial charge in [-0.1, -0.05) is 29.8 Å². The fourth-order valence-corrected chi connectivity index (χ4v) is 5.34. The number of rotatable bonds is 9. The van der Waals surface area contributed by atoms with Gasteiger partial charge in [0.25, 0.3) is 0 Å². The van der Waals surface area contributed by atoms with Crippen LogP contribution in [0.5, 0.6) is 5.75 Å². The lowest BCUT2D eigenvalue weighted by atomic mass is 10.1. The van der Waals surface area contributed by atoms with Gasteiger partial charge < -0.3 is 24.6 Å². The van der Waals surface area contributed by atoms with Gasteiger partial charge in [-0.15, -0.1) is 0 Å². The van der Waals surface area contributed by atoms with Gasteiger partial charge in [-0.05, 0) is 72.3 Å². The summed E-state index contributed by atoms with van der Waals surface area (Å²) in [6, 6.07) is 19.8. The number of hydrogen-bond acceptors (Lipinski definition) is 7. The van der Waals surface area contributed by atoms with Crippen molar-refractivity contribution in [3.05, 3.63) is 102 Å². The van der Waals surface area contributed by atoms with Gasteiger partial charge in [0.15, 0.2) is 0 Å². The van der Waals surface area contributed by atoms with Crippen LogP contribution in [-0.4, -0.2) is 68.9 Å². The normalized spacial score (nSPS) is 15.1. The first-order chi connectivity index (χ1) is 20.4. The number of piperazine rings is 1. The Hall–Kier alpha value is -4.02. The maximum Gasteiger partial charge on any atom is 0.141 e. The Balaban J connectivity index is 1.16. The second-order valence-electron chi connectivity index (χ2n) is 10.6. The van der Waals surface area contributed by atoms with Crippen molar-refractivity contribution in [2.24, 2.45) is 0 Å². The van der Waals surface area contributed by atoms with Crippen LogP contribution in [0.4, 0.5) is 15.9 Å². The van der Waals surface area contributed by atoms with Crippen molar-refractivity contribution in [1.29, 1.82) is 0 Å². The van der Waals surface area contributed by atoms with E-state index in [9.17, 15) is 9.50 Å². The van der Waals surface area contributed by atoms with E-state index in [1.54, 1.807) is 24.3 Å². The fraction of sp³-hybridized carbons (Fsp3) is 0.250. The predicted octanol–water partition coefficient (Wildman–Crippen LogP) is 5.78. The van der Waals surface area contributed by atoms with Gasteiger partial charge in [-0.25, -0.2) is 14.4 Å². The molecule has 1 saturated heterocycles. The molecule has 10 heteroatoms. The maximum absolute atomic E-state index is 13.5. The first-order valence-electron chi connectivity index (χ1n) is 13.9. The van der Waals surface area contributed by atoms with E-state index >= 15 is 0 Å². The smallest absolute Gasteiger partial charge is 0.141 e. The SMILES string of the molecule is CN1CCN(C(O)Cn2ccc(-c3ccc4ncnc(Nc5ccc(OCc6cccc(F)c6)c(Cl)c5)c4c3)c2)CC1. The summed E-state index contributed by atoms with van der Waals surface area (Å²) >= 11 is 6.51. The highest BCUT2D eigenvalue weighted by Crippen LogP contribution is 2.32. The van der Waals surface area contributed by atoms with Crippen LogP contribution < -0.4 is 10.1 Å². The van der Waals surface area contributed by atoms with Crippen molar-refractivity contribution >= 4 is 34.0 Å². The van der Waals surface area contributed by atoms with Crippen LogP contribution in [0.3, 0.4) is 0 Å². The molecule has 8 nitrogen and oxygen atoms in total. The number of nitrogens with one attached hydrogen (secondary N) is 1. The molecule has 6 rings (SSSR count). The minimum absolute atomic E-state index is 0.208. The number of anilines is 2. The number of halogens is 2. The Labute approximate surface area is 249 Å². The molecular weight excluding hydrogens is 555 g/mol. The molecule has 5 aromatic rings. The summed E-state index contributed by atoms with van der Waals surface area (Å²) in [7, 11) is 2.11. The second-order valence-corrected chi connectivity index (χ2v) is 11.0. The molecule has 3 aromatic carbocycles. The number of nitrogens with zero attached hydrogens (tertiary/aromatic N) is 5. The van der Waals surface area contributed by atoms with E-state index in [1.165, 1.54) is 18.5 Å². The standard InChI is InChI=1S/C32H32ClFN6O2/c1-38-11-13-40(14-12-38)31(41)19-39-10-9-24(18-39)23-5-7-29-27(16-23)32(36-21-35-29)37-26-6-8-30(28(33)17-26)42-20-22-3-2-4-25(34)15-22/h2-10,15-18,21,31,41H,11-14,19-20H2,1H3,(H,35,36,37). The Morgan fingerprint density at radius 3 is 2.67 bits per heavy atom. The zero-order valence-corrected chi connectivity index (χ0v) is 24.0. The van der Waals surface area contributed by atoms with E-state index in [-0.39, 0.29) is 12.4 Å². The first kappa shape index (κ1) is 28.1. The topological polar surface area (TPSA) is 78.7 Å². The lowest BCUT2D eigenvalue weighted by Crippen LogP contribution is -2.50. The third-order valence-electron chi connectivity index (χ3n) is 7.53.